The number of methoxy groups -OCH3 is 1. The summed E-state index contributed by atoms with van der Waals surface area (Å²) in [6.45, 7) is 13.8. The molecule has 0 amide bonds. The van der Waals surface area contributed by atoms with E-state index in [9.17, 15) is 4.79 Å². The highest BCUT2D eigenvalue weighted by atomic mass is 28.3. The van der Waals surface area contributed by atoms with Crippen molar-refractivity contribution in [2.45, 2.75) is 57.2 Å². The fraction of sp³-hybridized carbons (Fsp3) is 0.632. The minimum absolute atomic E-state index is 0.0776. The van der Waals surface area contributed by atoms with Gasteiger partial charge in [0, 0.05) is 13.7 Å². The molecule has 2 rings (SSSR count). The van der Waals surface area contributed by atoms with Crippen LogP contribution in [0.2, 0.25) is 19.6 Å². The van der Waals surface area contributed by atoms with Gasteiger partial charge in [-0.25, -0.2) is 0 Å². The van der Waals surface area contributed by atoms with Crippen LogP contribution in [-0.4, -0.2) is 50.0 Å². The van der Waals surface area contributed by atoms with E-state index >= 15 is 0 Å². The average molecular weight is 350 g/mol. The number of esters is 1. The minimum Gasteiger partial charge on any atom is -0.459 e. The summed E-state index contributed by atoms with van der Waals surface area (Å²) < 4.78 is 11.3. The number of hydrogen-bond donors (Lipinski definition) is 0. The van der Waals surface area contributed by atoms with E-state index in [1.54, 1.807) is 7.11 Å². The molecule has 0 radical (unpaired) electrons. The number of rotatable bonds is 6. The first-order chi connectivity index (χ1) is 11.0. The van der Waals surface area contributed by atoms with Gasteiger partial charge in [-0.05, 0) is 26.3 Å². The van der Waals surface area contributed by atoms with Crippen LogP contribution in [-0.2, 0) is 14.3 Å². The van der Waals surface area contributed by atoms with Crippen LogP contribution in [0.5, 0.6) is 0 Å². The van der Waals surface area contributed by atoms with Gasteiger partial charge < -0.3 is 9.47 Å². The third-order valence-corrected chi connectivity index (χ3v) is 7.78. The zero-order valence-corrected chi connectivity index (χ0v) is 17.1. The maximum Gasteiger partial charge on any atom is 0.325 e. The van der Waals surface area contributed by atoms with Crippen LogP contribution >= 0.6 is 0 Å². The molecule has 0 bridgehead atoms. The van der Waals surface area contributed by atoms with E-state index in [4.69, 9.17) is 9.47 Å². The van der Waals surface area contributed by atoms with E-state index < -0.39 is 18.8 Å². The topological polar surface area (TPSA) is 38.5 Å². The first-order valence-electron chi connectivity index (χ1n) is 8.57. The molecular weight excluding hydrogens is 318 g/mol. The first-order valence-corrected chi connectivity index (χ1v) is 12.1. The fourth-order valence-electron chi connectivity index (χ4n) is 3.31. The molecule has 0 aliphatic carbocycles. The molecule has 0 aromatic heterocycles. The van der Waals surface area contributed by atoms with E-state index in [2.05, 4.69) is 36.7 Å². The second-order valence-electron chi connectivity index (χ2n) is 8.62. The molecule has 134 valence electrons. The molecule has 1 aromatic rings. The molecule has 0 spiro atoms. The molecule has 0 saturated carbocycles. The lowest BCUT2D eigenvalue weighted by atomic mass is 10.1. The Kier molecular flexibility index (Phi) is 5.28. The third kappa shape index (κ3) is 3.73. The van der Waals surface area contributed by atoms with Gasteiger partial charge in [-0.1, -0.05) is 50.0 Å². The Labute approximate surface area is 147 Å². The quantitative estimate of drug-likeness (QED) is 0.446. The lowest BCUT2D eigenvalue weighted by Gasteiger charge is -2.33. The number of carbonyl (C=O) groups is 1. The van der Waals surface area contributed by atoms with Crippen molar-refractivity contribution in [1.82, 2.24) is 4.90 Å². The molecule has 4 nitrogen and oxygen atoms in total. The maximum atomic E-state index is 13.1. The number of benzene rings is 1. The lowest BCUT2D eigenvalue weighted by molar-refractivity contribution is -0.157. The molecule has 1 aliphatic heterocycles. The van der Waals surface area contributed by atoms with E-state index in [1.165, 1.54) is 5.56 Å². The van der Waals surface area contributed by atoms with Gasteiger partial charge in [0.05, 0.1) is 20.7 Å². The Hall–Kier alpha value is -1.17. The molecule has 5 heteroatoms. The molecule has 24 heavy (non-hydrogen) atoms. The van der Waals surface area contributed by atoms with Crippen LogP contribution in [0.15, 0.2) is 30.3 Å². The number of nitrogens with zero attached hydrogens (tertiary/aromatic N) is 1. The molecule has 0 N–H and O–H groups in total. The molecule has 1 aromatic carbocycles. The van der Waals surface area contributed by atoms with Crippen molar-refractivity contribution < 1.29 is 14.3 Å². The highest BCUT2D eigenvalue weighted by Gasteiger charge is 2.69. The highest BCUT2D eigenvalue weighted by molar-refractivity contribution is 6.83. The third-order valence-electron chi connectivity index (χ3n) is 4.65. The maximum absolute atomic E-state index is 13.1. The van der Waals surface area contributed by atoms with Crippen molar-refractivity contribution in [1.29, 1.82) is 0 Å². The van der Waals surface area contributed by atoms with Crippen LogP contribution in [0.1, 0.15) is 32.4 Å². The Balaban J connectivity index is 2.34. The summed E-state index contributed by atoms with van der Waals surface area (Å²) >= 11 is 0. The molecular formula is C19H31NO3Si. The Bertz CT molecular complexity index is 577. The van der Waals surface area contributed by atoms with Crippen LogP contribution < -0.4 is 0 Å². The van der Waals surface area contributed by atoms with Crippen LogP contribution in [0, 0.1) is 0 Å². The van der Waals surface area contributed by atoms with Gasteiger partial charge >= 0.3 is 5.97 Å². The van der Waals surface area contributed by atoms with Gasteiger partial charge in [-0.15, -0.1) is 0 Å². The Morgan fingerprint density at radius 3 is 2.29 bits per heavy atom. The zero-order valence-electron chi connectivity index (χ0n) is 16.1. The van der Waals surface area contributed by atoms with E-state index in [1.807, 2.05) is 39.0 Å². The fourth-order valence-corrected chi connectivity index (χ4v) is 5.63. The van der Waals surface area contributed by atoms with Gasteiger partial charge in [0.15, 0.2) is 0 Å². The Morgan fingerprint density at radius 1 is 1.25 bits per heavy atom. The van der Waals surface area contributed by atoms with Crippen molar-refractivity contribution >= 4 is 14.0 Å². The second-order valence-corrected chi connectivity index (χ2v) is 13.9. The summed E-state index contributed by atoms with van der Waals surface area (Å²) in [6.07, 6.45) is 0. The molecule has 1 fully saturated rings. The number of carbonyl (C=O) groups excluding carboxylic acids is 1. The molecule has 3 atom stereocenters. The standard InChI is InChI=1S/C19H31NO3Si/c1-18(2,3)23-17(21)19(24(5,6)7)14-20(19)16(13-22-4)15-11-9-8-10-12-15/h8-12,16H,13-14H2,1-7H3/t16-,19+,20?/m0/s1. The van der Waals surface area contributed by atoms with Crippen molar-refractivity contribution in [3.63, 3.8) is 0 Å². The molecule has 1 saturated heterocycles. The first kappa shape index (κ1) is 19.2. The van der Waals surface area contributed by atoms with Crippen molar-refractivity contribution in [2.75, 3.05) is 20.3 Å². The summed E-state index contributed by atoms with van der Waals surface area (Å²) in [6, 6.07) is 10.4. The Morgan fingerprint density at radius 2 is 1.83 bits per heavy atom. The van der Waals surface area contributed by atoms with Crippen molar-refractivity contribution in [2.24, 2.45) is 0 Å². The van der Waals surface area contributed by atoms with Crippen molar-refractivity contribution in [3.05, 3.63) is 35.9 Å². The monoisotopic (exact) mass is 349 g/mol. The largest absolute Gasteiger partial charge is 0.459 e. The highest BCUT2D eigenvalue weighted by Crippen LogP contribution is 2.48. The summed E-state index contributed by atoms with van der Waals surface area (Å²) in [5.41, 5.74) is 0.713. The molecule has 1 heterocycles. The zero-order chi connectivity index (χ0) is 18.2. The van der Waals surface area contributed by atoms with Gasteiger partial charge in [0.25, 0.3) is 0 Å². The summed E-state index contributed by atoms with van der Waals surface area (Å²) in [4.78, 5) is 15.4. The lowest BCUT2D eigenvalue weighted by Crippen LogP contribution is -2.54. The predicted molar refractivity (Wildman–Crippen MR) is 99.7 cm³/mol. The van der Waals surface area contributed by atoms with Gasteiger partial charge in [0.2, 0.25) is 0 Å². The van der Waals surface area contributed by atoms with E-state index in [0.29, 0.717) is 6.61 Å². The smallest absolute Gasteiger partial charge is 0.325 e. The minimum atomic E-state index is -1.83. The predicted octanol–water partition coefficient (Wildman–Crippen LogP) is 3.65. The van der Waals surface area contributed by atoms with Gasteiger partial charge in [-0.2, -0.15) is 0 Å². The summed E-state index contributed by atoms with van der Waals surface area (Å²) in [7, 11) is -0.117. The number of ether oxygens (including phenoxy) is 2. The second kappa shape index (κ2) is 6.62. The van der Waals surface area contributed by atoms with E-state index in [-0.39, 0.29) is 12.0 Å². The van der Waals surface area contributed by atoms with Crippen LogP contribution in [0.4, 0.5) is 0 Å². The van der Waals surface area contributed by atoms with Crippen LogP contribution in [0.25, 0.3) is 0 Å². The number of hydrogen-bond acceptors (Lipinski definition) is 4. The molecule has 1 aliphatic rings. The summed E-state index contributed by atoms with van der Waals surface area (Å²) in [5.74, 6) is -0.0776. The molecule has 1 unspecified atom stereocenters. The summed E-state index contributed by atoms with van der Waals surface area (Å²) in [5, 5.41) is -0.473. The van der Waals surface area contributed by atoms with E-state index in [0.717, 1.165) is 6.54 Å². The van der Waals surface area contributed by atoms with Crippen LogP contribution in [0.3, 0.4) is 0 Å². The van der Waals surface area contributed by atoms with Crippen molar-refractivity contribution in [3.8, 4) is 0 Å². The average Bonchev–Trinajstić information content (AvgIpc) is 3.20. The van der Waals surface area contributed by atoms with Gasteiger partial charge in [0.1, 0.15) is 10.8 Å². The SMILES string of the molecule is COC[C@@H](c1ccccc1)N1C[C@]1(C(=O)OC(C)(C)C)[Si](C)(C)C. The normalized spacial score (nSPS) is 25.2. The van der Waals surface area contributed by atoms with Gasteiger partial charge in [-0.3, -0.25) is 9.69 Å².